The van der Waals surface area contributed by atoms with Crippen LogP contribution in [0.5, 0.6) is 0 Å². The van der Waals surface area contributed by atoms with Gasteiger partial charge in [-0.25, -0.2) is 19.9 Å². The first kappa shape index (κ1) is 32.2. The van der Waals surface area contributed by atoms with Crippen LogP contribution in [-0.2, 0) is 5.41 Å². The van der Waals surface area contributed by atoms with E-state index in [1.165, 1.54) is 27.0 Å². The molecule has 6 heteroatoms. The fourth-order valence-corrected chi connectivity index (χ4v) is 8.11. The monoisotopic (exact) mass is 680 g/mol. The predicted molar refractivity (Wildman–Crippen MR) is 213 cm³/mol. The van der Waals surface area contributed by atoms with Gasteiger partial charge in [-0.3, -0.25) is 0 Å². The molecule has 0 atom stereocenters. The minimum Gasteiger partial charge on any atom is -0.455 e. The van der Waals surface area contributed by atoms with E-state index in [4.69, 9.17) is 19.4 Å². The summed E-state index contributed by atoms with van der Waals surface area (Å²) in [4.78, 5) is 19.5. The zero-order valence-corrected chi connectivity index (χ0v) is 29.9. The molecule has 1 aliphatic carbocycles. The lowest BCUT2D eigenvalue weighted by Gasteiger charge is -2.22. The summed E-state index contributed by atoms with van der Waals surface area (Å²) in [6.07, 6.45) is 11.2. The number of allylic oxidation sites excluding steroid dienone is 7. The topological polar surface area (TPSA) is 64.7 Å². The Morgan fingerprint density at radius 3 is 2.39 bits per heavy atom. The van der Waals surface area contributed by atoms with Gasteiger partial charge in [0.05, 0.1) is 21.3 Å². The lowest BCUT2D eigenvalue weighted by atomic mass is 9.81. The number of para-hydroxylation sites is 1. The number of hydrogen-bond acceptors (Lipinski definition) is 6. The van der Waals surface area contributed by atoms with Crippen molar-refractivity contribution in [3.8, 4) is 33.6 Å². The summed E-state index contributed by atoms with van der Waals surface area (Å²) in [6.45, 7) is 16.7. The average molecular weight is 681 g/mol. The normalized spacial score (nSPS) is 14.0. The average Bonchev–Trinajstić information content (AvgIpc) is 3.83. The van der Waals surface area contributed by atoms with Crippen LogP contribution in [0.3, 0.4) is 0 Å². The third-order valence-corrected chi connectivity index (χ3v) is 10.6. The number of aromatic nitrogens is 4. The van der Waals surface area contributed by atoms with E-state index < -0.39 is 0 Å². The number of rotatable bonds is 8. The van der Waals surface area contributed by atoms with Crippen LogP contribution in [0.15, 0.2) is 138 Å². The Hall–Kier alpha value is -5.98. The van der Waals surface area contributed by atoms with E-state index in [1.807, 2.05) is 67.1 Å². The van der Waals surface area contributed by atoms with E-state index >= 15 is 0 Å². The van der Waals surface area contributed by atoms with Crippen LogP contribution < -0.4 is 0 Å². The fraction of sp³-hybridized carbons (Fsp3) is 0.111. The fourth-order valence-electron chi connectivity index (χ4n) is 7.26. The van der Waals surface area contributed by atoms with Crippen molar-refractivity contribution in [2.24, 2.45) is 0 Å². The van der Waals surface area contributed by atoms with Gasteiger partial charge in [0.2, 0.25) is 0 Å². The number of fused-ring (bicyclic) bond motifs is 6. The first-order chi connectivity index (χ1) is 24.8. The van der Waals surface area contributed by atoms with Gasteiger partial charge in [0.25, 0.3) is 0 Å². The first-order valence-corrected chi connectivity index (χ1v) is 17.9. The first-order valence-electron chi connectivity index (χ1n) is 17.0. The zero-order valence-electron chi connectivity index (χ0n) is 29.1. The molecule has 3 heterocycles. The molecule has 0 radical (unpaired) electrons. The molecule has 1 aliphatic rings. The standard InChI is InChI=1S/C45H36N4OS/c1-7-14-28(15-8-2)42-47-43(29-17-11-10-12-18-29)49-44(48-42)34(16-9-3)39-27(4)31-19-13-20-32(40(31)50-39)30-21-22-33-36(25-30)45(5,6)35-23-24-37-41(38(33)35)51-26-46-37/h7-26H,1,3H2,2,4-6H3/b15-8-,28-14+,34-16+. The quantitative estimate of drug-likeness (QED) is 0.149. The molecule has 4 aromatic carbocycles. The molecule has 0 spiro atoms. The van der Waals surface area contributed by atoms with Gasteiger partial charge in [-0.05, 0) is 54.3 Å². The van der Waals surface area contributed by atoms with Crippen molar-refractivity contribution >= 4 is 43.7 Å². The maximum absolute atomic E-state index is 6.91. The molecule has 51 heavy (non-hydrogen) atoms. The zero-order chi connectivity index (χ0) is 35.3. The molecule has 0 amide bonds. The van der Waals surface area contributed by atoms with Crippen molar-refractivity contribution < 1.29 is 4.42 Å². The molecule has 0 aliphatic heterocycles. The molecule has 7 aromatic rings. The molecule has 3 aromatic heterocycles. The smallest absolute Gasteiger partial charge is 0.167 e. The molecule has 0 bridgehead atoms. The number of thiazole rings is 1. The van der Waals surface area contributed by atoms with E-state index in [0.717, 1.165) is 49.9 Å². The Labute approximate surface area is 301 Å². The third kappa shape index (κ3) is 5.31. The summed E-state index contributed by atoms with van der Waals surface area (Å²) in [7, 11) is 0. The highest BCUT2D eigenvalue weighted by Gasteiger charge is 2.37. The molecule has 248 valence electrons. The van der Waals surface area contributed by atoms with E-state index in [-0.39, 0.29) is 5.41 Å². The summed E-state index contributed by atoms with van der Waals surface area (Å²) >= 11 is 1.71. The Balaban J connectivity index is 1.29. The largest absolute Gasteiger partial charge is 0.455 e. The van der Waals surface area contributed by atoms with Gasteiger partial charge in [0.15, 0.2) is 17.5 Å². The van der Waals surface area contributed by atoms with Crippen LogP contribution in [0, 0.1) is 6.92 Å². The van der Waals surface area contributed by atoms with E-state index in [0.29, 0.717) is 23.2 Å². The van der Waals surface area contributed by atoms with Gasteiger partial charge in [-0.1, -0.05) is 124 Å². The SMILES string of the molecule is C=C/C=C(/c1nc(C(/C=C\C)=C/C=C)nc(-c2ccccc2)n1)c1oc2c(-c3ccc4c(c3)C(C)(C)c3ccc5ncsc5c3-4)cccc2c1C. The summed E-state index contributed by atoms with van der Waals surface area (Å²) in [5.74, 6) is 2.29. The van der Waals surface area contributed by atoms with Crippen molar-refractivity contribution in [3.63, 3.8) is 0 Å². The Kier molecular flexibility index (Phi) is 8.04. The second-order valence-electron chi connectivity index (χ2n) is 13.2. The molecular formula is C45H36N4OS. The highest BCUT2D eigenvalue weighted by Crippen LogP contribution is 2.53. The van der Waals surface area contributed by atoms with Crippen LogP contribution in [0.1, 0.15) is 54.9 Å². The number of hydrogen-bond donors (Lipinski definition) is 0. The lowest BCUT2D eigenvalue weighted by Crippen LogP contribution is -2.14. The van der Waals surface area contributed by atoms with Gasteiger partial charge in [0.1, 0.15) is 11.3 Å². The number of furan rings is 1. The summed E-state index contributed by atoms with van der Waals surface area (Å²) < 4.78 is 8.15. The number of benzene rings is 4. The highest BCUT2D eigenvalue weighted by atomic mass is 32.1. The van der Waals surface area contributed by atoms with Crippen molar-refractivity contribution in [1.29, 1.82) is 0 Å². The lowest BCUT2D eigenvalue weighted by molar-refractivity contribution is 0.597. The van der Waals surface area contributed by atoms with Gasteiger partial charge in [-0.2, -0.15) is 0 Å². The maximum Gasteiger partial charge on any atom is 0.167 e. The van der Waals surface area contributed by atoms with Crippen LogP contribution in [0.2, 0.25) is 0 Å². The van der Waals surface area contributed by atoms with Gasteiger partial charge < -0.3 is 4.42 Å². The highest BCUT2D eigenvalue weighted by molar-refractivity contribution is 7.17. The summed E-state index contributed by atoms with van der Waals surface area (Å²) in [5.41, 5.74) is 14.5. The van der Waals surface area contributed by atoms with Crippen LogP contribution in [0.25, 0.3) is 66.0 Å². The van der Waals surface area contributed by atoms with Crippen LogP contribution in [-0.4, -0.2) is 19.9 Å². The Bertz CT molecular complexity index is 2620. The van der Waals surface area contributed by atoms with Gasteiger partial charge in [-0.15, -0.1) is 11.3 Å². The second kappa shape index (κ2) is 12.7. The van der Waals surface area contributed by atoms with E-state index in [1.54, 1.807) is 23.5 Å². The molecule has 0 unspecified atom stereocenters. The predicted octanol–water partition coefficient (Wildman–Crippen LogP) is 11.9. The second-order valence-corrected chi connectivity index (χ2v) is 14.0. The third-order valence-electron chi connectivity index (χ3n) is 9.75. The molecular weight excluding hydrogens is 645 g/mol. The van der Waals surface area contributed by atoms with E-state index in [2.05, 4.69) is 87.4 Å². The number of aryl methyl sites for hydroxylation is 1. The minimum absolute atomic E-state index is 0.157. The summed E-state index contributed by atoms with van der Waals surface area (Å²) in [6, 6.07) is 27.5. The van der Waals surface area contributed by atoms with Crippen LogP contribution in [0.4, 0.5) is 0 Å². The van der Waals surface area contributed by atoms with Crippen molar-refractivity contribution in [2.75, 3.05) is 0 Å². The molecule has 0 N–H and O–H groups in total. The molecule has 0 saturated heterocycles. The van der Waals surface area contributed by atoms with Crippen molar-refractivity contribution in [2.45, 2.75) is 33.1 Å². The minimum atomic E-state index is -0.157. The maximum atomic E-state index is 6.91. The number of nitrogens with zero attached hydrogens (tertiary/aromatic N) is 4. The molecule has 0 fully saturated rings. The summed E-state index contributed by atoms with van der Waals surface area (Å²) in [5, 5.41) is 1.03. The van der Waals surface area contributed by atoms with Gasteiger partial charge in [0, 0.05) is 38.6 Å². The Morgan fingerprint density at radius 2 is 1.61 bits per heavy atom. The molecule has 5 nitrogen and oxygen atoms in total. The molecule has 0 saturated carbocycles. The van der Waals surface area contributed by atoms with Crippen LogP contribution >= 0.6 is 11.3 Å². The van der Waals surface area contributed by atoms with E-state index in [9.17, 15) is 0 Å². The Morgan fingerprint density at radius 1 is 0.804 bits per heavy atom. The van der Waals surface area contributed by atoms with Crippen molar-refractivity contribution in [3.05, 3.63) is 168 Å². The van der Waals surface area contributed by atoms with Gasteiger partial charge >= 0.3 is 0 Å². The molecule has 8 rings (SSSR count). The van der Waals surface area contributed by atoms with Crippen molar-refractivity contribution in [1.82, 2.24) is 19.9 Å².